The van der Waals surface area contributed by atoms with Crippen molar-refractivity contribution < 1.29 is 9.47 Å². The molecule has 0 bridgehead atoms. The molecule has 1 saturated heterocycles. The van der Waals surface area contributed by atoms with Crippen LogP contribution >= 0.6 is 0 Å². The molecule has 0 atom stereocenters. The summed E-state index contributed by atoms with van der Waals surface area (Å²) in [5.41, 5.74) is 7.06. The van der Waals surface area contributed by atoms with Crippen molar-refractivity contribution in [1.29, 1.82) is 0 Å². The fourth-order valence-electron chi connectivity index (χ4n) is 2.87. The van der Waals surface area contributed by atoms with Crippen molar-refractivity contribution in [1.82, 2.24) is 9.88 Å². The number of aromatic nitrogens is 1. The van der Waals surface area contributed by atoms with Crippen molar-refractivity contribution in [3.05, 3.63) is 23.9 Å². The molecule has 1 aliphatic carbocycles. The average Bonchev–Trinajstić information content (AvgIpc) is 3.07. The van der Waals surface area contributed by atoms with E-state index in [0.29, 0.717) is 37.7 Å². The maximum Gasteiger partial charge on any atom is 0.218 e. The number of morpholine rings is 1. The van der Waals surface area contributed by atoms with E-state index in [1.807, 2.05) is 12.1 Å². The predicted molar refractivity (Wildman–Crippen MR) is 84.8 cm³/mol. The minimum Gasteiger partial charge on any atom is -0.474 e. The molecule has 2 fully saturated rings. The van der Waals surface area contributed by atoms with Gasteiger partial charge in [0.2, 0.25) is 5.88 Å². The smallest absolute Gasteiger partial charge is 0.218 e. The van der Waals surface area contributed by atoms with Crippen molar-refractivity contribution in [2.24, 2.45) is 10.7 Å². The summed E-state index contributed by atoms with van der Waals surface area (Å²) in [6, 6.07) is 3.92. The van der Waals surface area contributed by atoms with E-state index in [0.717, 1.165) is 31.5 Å². The van der Waals surface area contributed by atoms with Crippen LogP contribution in [0, 0.1) is 0 Å². The molecule has 6 heteroatoms. The van der Waals surface area contributed by atoms with E-state index in [9.17, 15) is 0 Å². The molecule has 0 spiro atoms. The van der Waals surface area contributed by atoms with E-state index in [1.54, 1.807) is 6.20 Å². The molecule has 2 aliphatic rings. The molecule has 0 radical (unpaired) electrons. The third-order valence-corrected chi connectivity index (χ3v) is 4.18. The van der Waals surface area contributed by atoms with Crippen LogP contribution in [0.15, 0.2) is 23.3 Å². The molecule has 1 aliphatic heterocycles. The van der Waals surface area contributed by atoms with Gasteiger partial charge in [-0.1, -0.05) is 6.07 Å². The summed E-state index contributed by atoms with van der Waals surface area (Å²) < 4.78 is 11.4. The Bertz CT molecular complexity index is 509. The third kappa shape index (κ3) is 3.88. The first-order valence-electron chi connectivity index (χ1n) is 8.06. The molecule has 2 heterocycles. The Morgan fingerprint density at radius 2 is 2.14 bits per heavy atom. The summed E-state index contributed by atoms with van der Waals surface area (Å²) in [5, 5.41) is 0. The summed E-state index contributed by atoms with van der Waals surface area (Å²) >= 11 is 0. The van der Waals surface area contributed by atoms with Crippen LogP contribution in [-0.2, 0) is 11.3 Å². The molecule has 120 valence electrons. The van der Waals surface area contributed by atoms with E-state index >= 15 is 0 Å². The Morgan fingerprint density at radius 1 is 1.36 bits per heavy atom. The van der Waals surface area contributed by atoms with Gasteiger partial charge in [-0.05, 0) is 31.7 Å². The lowest BCUT2D eigenvalue weighted by atomic mass is 10.2. The molecule has 1 aromatic rings. The molecule has 0 amide bonds. The van der Waals surface area contributed by atoms with Crippen LogP contribution in [0.2, 0.25) is 0 Å². The zero-order valence-electron chi connectivity index (χ0n) is 12.9. The van der Waals surface area contributed by atoms with Gasteiger partial charge in [0.25, 0.3) is 0 Å². The molecule has 1 saturated carbocycles. The Kier molecular flexibility index (Phi) is 5.11. The van der Waals surface area contributed by atoms with Gasteiger partial charge in [0.15, 0.2) is 5.96 Å². The molecule has 3 rings (SSSR count). The Balaban J connectivity index is 1.63. The van der Waals surface area contributed by atoms with Crippen molar-refractivity contribution in [3.8, 4) is 5.88 Å². The molecular weight excluding hydrogens is 280 g/mol. The molecule has 1 aromatic heterocycles. The number of ether oxygens (including phenoxy) is 2. The zero-order chi connectivity index (χ0) is 15.2. The Hall–Kier alpha value is -1.82. The number of hydrogen-bond donors (Lipinski definition) is 1. The molecule has 22 heavy (non-hydrogen) atoms. The van der Waals surface area contributed by atoms with Gasteiger partial charge >= 0.3 is 0 Å². The first-order chi connectivity index (χ1) is 10.8. The van der Waals surface area contributed by atoms with Gasteiger partial charge in [0.05, 0.1) is 19.8 Å². The quantitative estimate of drug-likeness (QED) is 0.675. The van der Waals surface area contributed by atoms with Gasteiger partial charge in [-0.2, -0.15) is 0 Å². The molecule has 0 aromatic carbocycles. The first kappa shape index (κ1) is 15.1. The van der Waals surface area contributed by atoms with E-state index in [-0.39, 0.29) is 0 Å². The minimum atomic E-state index is 0.300. The topological polar surface area (TPSA) is 73.0 Å². The standard InChI is InChI=1S/C16H24N4O2/c17-16(20-8-10-21-11-9-20)19-12-13-4-3-7-18-15(13)22-14-5-1-2-6-14/h3-4,7,14H,1-2,5-6,8-12H2,(H2,17,19). The summed E-state index contributed by atoms with van der Waals surface area (Å²) in [7, 11) is 0. The number of guanidine groups is 1. The Labute approximate surface area is 131 Å². The first-order valence-corrected chi connectivity index (χ1v) is 8.06. The van der Waals surface area contributed by atoms with Crippen LogP contribution in [0.1, 0.15) is 31.2 Å². The number of pyridine rings is 1. The zero-order valence-corrected chi connectivity index (χ0v) is 12.9. The van der Waals surface area contributed by atoms with Gasteiger partial charge in [-0.25, -0.2) is 9.98 Å². The summed E-state index contributed by atoms with van der Waals surface area (Å²) in [6.07, 6.45) is 6.80. The number of hydrogen-bond acceptors (Lipinski definition) is 4. The fraction of sp³-hybridized carbons (Fsp3) is 0.625. The summed E-state index contributed by atoms with van der Waals surface area (Å²) in [5.74, 6) is 1.27. The van der Waals surface area contributed by atoms with Crippen LogP contribution in [0.3, 0.4) is 0 Å². The van der Waals surface area contributed by atoms with Crippen LogP contribution in [0.25, 0.3) is 0 Å². The lowest BCUT2D eigenvalue weighted by Crippen LogP contribution is -2.44. The number of rotatable bonds is 4. The molecule has 0 unspecified atom stereocenters. The lowest BCUT2D eigenvalue weighted by molar-refractivity contribution is 0.0674. The fourth-order valence-corrected chi connectivity index (χ4v) is 2.87. The van der Waals surface area contributed by atoms with Gasteiger partial charge in [-0.3, -0.25) is 0 Å². The minimum absolute atomic E-state index is 0.300. The summed E-state index contributed by atoms with van der Waals surface area (Å²) in [6.45, 7) is 3.51. The second kappa shape index (κ2) is 7.45. The number of aliphatic imine (C=N–C) groups is 1. The van der Waals surface area contributed by atoms with Crippen molar-refractivity contribution in [2.45, 2.75) is 38.3 Å². The molecule has 6 nitrogen and oxygen atoms in total. The highest BCUT2D eigenvalue weighted by atomic mass is 16.5. The summed E-state index contributed by atoms with van der Waals surface area (Å²) in [4.78, 5) is 10.9. The van der Waals surface area contributed by atoms with Crippen molar-refractivity contribution in [2.75, 3.05) is 26.3 Å². The van der Waals surface area contributed by atoms with Crippen LogP contribution < -0.4 is 10.5 Å². The van der Waals surface area contributed by atoms with Crippen LogP contribution in [0.5, 0.6) is 5.88 Å². The normalized spacial score (nSPS) is 20.4. The monoisotopic (exact) mass is 304 g/mol. The van der Waals surface area contributed by atoms with Gasteiger partial charge in [0.1, 0.15) is 6.10 Å². The molecular formula is C16H24N4O2. The van der Waals surface area contributed by atoms with Crippen molar-refractivity contribution >= 4 is 5.96 Å². The van der Waals surface area contributed by atoms with E-state index in [4.69, 9.17) is 15.2 Å². The number of nitrogens with zero attached hydrogens (tertiary/aromatic N) is 3. The van der Waals surface area contributed by atoms with Gasteiger partial charge < -0.3 is 20.1 Å². The predicted octanol–water partition coefficient (Wildman–Crippen LogP) is 1.55. The lowest BCUT2D eigenvalue weighted by Gasteiger charge is -2.27. The maximum absolute atomic E-state index is 6.07. The van der Waals surface area contributed by atoms with E-state index in [1.165, 1.54) is 12.8 Å². The van der Waals surface area contributed by atoms with E-state index in [2.05, 4.69) is 14.9 Å². The van der Waals surface area contributed by atoms with Gasteiger partial charge in [-0.15, -0.1) is 0 Å². The highest BCUT2D eigenvalue weighted by Gasteiger charge is 2.18. The van der Waals surface area contributed by atoms with E-state index < -0.39 is 0 Å². The van der Waals surface area contributed by atoms with Gasteiger partial charge in [0, 0.05) is 24.8 Å². The molecule has 2 N–H and O–H groups in total. The SMILES string of the molecule is NC(=NCc1cccnc1OC1CCCC1)N1CCOCC1. The Morgan fingerprint density at radius 3 is 2.91 bits per heavy atom. The number of nitrogens with two attached hydrogens (primary N) is 1. The second-order valence-electron chi connectivity index (χ2n) is 5.77. The highest BCUT2D eigenvalue weighted by molar-refractivity contribution is 5.78. The average molecular weight is 304 g/mol. The van der Waals surface area contributed by atoms with Crippen molar-refractivity contribution in [3.63, 3.8) is 0 Å². The second-order valence-corrected chi connectivity index (χ2v) is 5.77. The highest BCUT2D eigenvalue weighted by Crippen LogP contribution is 2.25. The van der Waals surface area contributed by atoms with Crippen LogP contribution in [0.4, 0.5) is 0 Å². The largest absolute Gasteiger partial charge is 0.474 e. The maximum atomic E-state index is 6.07. The third-order valence-electron chi connectivity index (χ3n) is 4.18. The van der Waals surface area contributed by atoms with Crippen LogP contribution in [-0.4, -0.2) is 48.3 Å².